The second kappa shape index (κ2) is 33.8. The van der Waals surface area contributed by atoms with Crippen LogP contribution in [-0.4, -0.2) is 63.4 Å². The van der Waals surface area contributed by atoms with Gasteiger partial charge < -0.3 is 52.1 Å². The van der Waals surface area contributed by atoms with Crippen molar-refractivity contribution in [3.8, 4) is 46.0 Å². The van der Waals surface area contributed by atoms with Crippen LogP contribution in [0.15, 0.2) is 216 Å². The number of benzene rings is 8. The van der Waals surface area contributed by atoms with Crippen LogP contribution in [0.2, 0.25) is 0 Å². The number of carbonyl (C=O) groups excluding carboxylic acids is 3. The summed E-state index contributed by atoms with van der Waals surface area (Å²) in [5.74, 6) is 4.76. The van der Waals surface area contributed by atoms with E-state index in [0.29, 0.717) is 28.7 Å². The van der Waals surface area contributed by atoms with Gasteiger partial charge in [-0.3, -0.25) is 4.79 Å². The molecule has 0 aliphatic carbocycles. The molecule has 1 unspecified atom stereocenters. The topological polar surface area (TPSA) is 153 Å². The summed E-state index contributed by atoms with van der Waals surface area (Å²) in [7, 11) is 3.22. The van der Waals surface area contributed by atoms with Crippen LogP contribution in [0.5, 0.6) is 46.0 Å². The molecule has 0 amide bonds. The maximum absolute atomic E-state index is 11.8. The summed E-state index contributed by atoms with van der Waals surface area (Å²) >= 11 is 1.76. The third-order valence-corrected chi connectivity index (χ3v) is 13.4. The molecule has 1 aliphatic heterocycles. The van der Waals surface area contributed by atoms with Crippen LogP contribution in [0.4, 0.5) is 9.59 Å². The molecular weight excluding hydrogens is 1120 g/mol. The van der Waals surface area contributed by atoms with Gasteiger partial charge in [0.2, 0.25) is 0 Å². The summed E-state index contributed by atoms with van der Waals surface area (Å²) in [6.07, 6.45) is 2.72. The highest BCUT2D eigenvalue weighted by atomic mass is 32.2. The second-order valence-corrected chi connectivity index (χ2v) is 23.5. The Bertz CT molecular complexity index is 3220. The van der Waals surface area contributed by atoms with E-state index < -0.39 is 23.5 Å². The number of rotatable bonds is 17. The minimum Gasteiger partial charge on any atom is -0.497 e. The largest absolute Gasteiger partial charge is 0.514 e. The summed E-state index contributed by atoms with van der Waals surface area (Å²) in [4.78, 5) is 36.9. The van der Waals surface area contributed by atoms with Gasteiger partial charge in [0.05, 0.1) is 13.7 Å². The van der Waals surface area contributed by atoms with E-state index >= 15 is 0 Å². The lowest BCUT2D eigenvalue weighted by Gasteiger charge is -2.26. The molecule has 1 fully saturated rings. The molecule has 8 aromatic rings. The van der Waals surface area contributed by atoms with Gasteiger partial charge in [0, 0.05) is 41.7 Å². The van der Waals surface area contributed by atoms with Gasteiger partial charge in [-0.05, 0) is 192 Å². The van der Waals surface area contributed by atoms with Gasteiger partial charge >= 0.3 is 18.3 Å². The van der Waals surface area contributed by atoms with E-state index in [1.807, 2.05) is 78.9 Å². The number of hydrogen-bond donors (Lipinski definition) is 0. The molecule has 1 aliphatic rings. The second-order valence-electron chi connectivity index (χ2n) is 22.3. The summed E-state index contributed by atoms with van der Waals surface area (Å²) in [5, 5.41) is 0. The summed E-state index contributed by atoms with van der Waals surface area (Å²) in [6, 6.07) is 65.8. The van der Waals surface area contributed by atoms with Crippen molar-refractivity contribution in [3.05, 3.63) is 229 Å². The summed E-state index contributed by atoms with van der Waals surface area (Å²) in [5.41, 5.74) is 3.11. The van der Waals surface area contributed by atoms with Crippen molar-refractivity contribution < 1.29 is 66.5 Å². The Morgan fingerprint density at radius 1 is 0.483 bits per heavy atom. The maximum atomic E-state index is 11.8. The van der Waals surface area contributed by atoms with Gasteiger partial charge in [-0.15, -0.1) is 0 Å². The Kier molecular flexibility index (Phi) is 26.2. The van der Waals surface area contributed by atoms with Gasteiger partial charge in [-0.2, -0.15) is 0 Å². The Morgan fingerprint density at radius 2 is 0.954 bits per heavy atom. The molecule has 0 radical (unpaired) electrons. The normalized spacial score (nSPS) is 12.7. The van der Waals surface area contributed by atoms with Crippen molar-refractivity contribution in [2.24, 2.45) is 0 Å². The molecule has 0 aromatic heterocycles. The van der Waals surface area contributed by atoms with E-state index in [-0.39, 0.29) is 24.5 Å². The standard InChI is InChI=1S/C25H32O6.C17H18O2S.C15H14O4.C15H16O2/c1-23(2,3)30-21(26)28-19-13-9-17(10-14-19)25(7,8)18-11-15-20(16-12-18)29-22(27)31-24(4,5)6;1-2-6-15(7-3-1)20-16-11-9-14(10-12-16)19-17-8-4-5-13-18-17;1-11(16)18-12-6-8-13(9-7-12)19-15-5-3-4-14(10-15)17-2;1-16-12-17-15-9-7-14(8-10-15)11-13-5-3-2-4-6-13/h9-16H,1-8H3;1-3,6-7,9-12,17H,4-5,8,13H2;3-10H,1-2H3;2-10H,11-12H2,1H3. The number of ether oxygens (including phenoxy) is 11. The fourth-order valence-corrected chi connectivity index (χ4v) is 8.99. The predicted octanol–water partition coefficient (Wildman–Crippen LogP) is 18.1. The first-order chi connectivity index (χ1) is 41.6. The first kappa shape index (κ1) is 67.4. The highest BCUT2D eigenvalue weighted by molar-refractivity contribution is 7.99. The Morgan fingerprint density at radius 3 is 1.46 bits per heavy atom. The maximum Gasteiger partial charge on any atom is 0.514 e. The lowest BCUT2D eigenvalue weighted by molar-refractivity contribution is -0.131. The molecular formula is C72H80O14S. The fourth-order valence-electron chi connectivity index (χ4n) is 8.15. The van der Waals surface area contributed by atoms with Gasteiger partial charge in [0.1, 0.15) is 57.2 Å². The van der Waals surface area contributed by atoms with E-state index in [1.165, 1.54) is 34.3 Å². The van der Waals surface area contributed by atoms with Gasteiger partial charge in [0.15, 0.2) is 13.1 Å². The Hall–Kier alpha value is -8.76. The van der Waals surface area contributed by atoms with Gasteiger partial charge in [0.25, 0.3) is 0 Å². The molecule has 14 nitrogen and oxygen atoms in total. The monoisotopic (exact) mass is 1200 g/mol. The molecule has 87 heavy (non-hydrogen) atoms. The van der Waals surface area contributed by atoms with Crippen LogP contribution in [0.25, 0.3) is 0 Å². The van der Waals surface area contributed by atoms with Crippen molar-refractivity contribution in [3.63, 3.8) is 0 Å². The van der Waals surface area contributed by atoms with Crippen LogP contribution in [0, 0.1) is 0 Å². The number of methoxy groups -OCH3 is 2. The van der Waals surface area contributed by atoms with E-state index in [1.54, 1.807) is 122 Å². The van der Waals surface area contributed by atoms with E-state index in [9.17, 15) is 14.4 Å². The van der Waals surface area contributed by atoms with Crippen LogP contribution in [0.3, 0.4) is 0 Å². The zero-order chi connectivity index (χ0) is 62.7. The van der Waals surface area contributed by atoms with Gasteiger partial charge in [-0.1, -0.05) is 117 Å². The van der Waals surface area contributed by atoms with E-state index in [2.05, 4.69) is 86.6 Å². The third kappa shape index (κ3) is 25.4. The smallest absolute Gasteiger partial charge is 0.497 e. The van der Waals surface area contributed by atoms with Crippen molar-refractivity contribution in [2.45, 2.75) is 121 Å². The van der Waals surface area contributed by atoms with E-state index in [0.717, 1.165) is 54.2 Å². The molecule has 0 spiro atoms. The zero-order valence-corrected chi connectivity index (χ0v) is 52.4. The number of hydrogen-bond acceptors (Lipinski definition) is 15. The molecule has 458 valence electrons. The van der Waals surface area contributed by atoms with Crippen molar-refractivity contribution in [1.82, 2.24) is 0 Å². The number of esters is 1. The minimum absolute atomic E-state index is 0.0728. The fraction of sp³-hybridized carbons (Fsp3) is 0.292. The average molecular weight is 1200 g/mol. The van der Waals surface area contributed by atoms with Gasteiger partial charge in [-0.25, -0.2) is 9.59 Å². The van der Waals surface area contributed by atoms with Crippen LogP contribution in [-0.2, 0) is 35.6 Å². The van der Waals surface area contributed by atoms with E-state index in [4.69, 9.17) is 52.1 Å². The lowest BCUT2D eigenvalue weighted by atomic mass is 9.78. The first-order valence-electron chi connectivity index (χ1n) is 28.6. The molecule has 0 bridgehead atoms. The molecule has 1 atom stereocenters. The van der Waals surface area contributed by atoms with Crippen LogP contribution >= 0.6 is 11.8 Å². The molecule has 8 aromatic carbocycles. The Labute approximate surface area is 516 Å². The SMILES string of the molecule is CC(C)(C)OC(=O)Oc1ccc(C(C)(C)c2ccc(OC(=O)OC(C)(C)C)cc2)cc1.COCOc1ccc(Cc2ccccc2)cc1.COc1cccc(Oc2ccc(OC(C)=O)cc2)c1.c1ccc(Sc2ccc(OC3CCCCO3)cc2)cc1. The number of carbonyl (C=O) groups is 3. The average Bonchev–Trinajstić information content (AvgIpc) is 2.84. The van der Waals surface area contributed by atoms with Crippen LogP contribution < -0.4 is 33.2 Å². The third-order valence-electron chi connectivity index (χ3n) is 12.4. The highest BCUT2D eigenvalue weighted by Gasteiger charge is 2.25. The van der Waals surface area contributed by atoms with Crippen molar-refractivity contribution in [2.75, 3.05) is 27.6 Å². The van der Waals surface area contributed by atoms with Crippen molar-refractivity contribution in [1.29, 1.82) is 0 Å². The molecule has 0 saturated carbocycles. The predicted molar refractivity (Wildman–Crippen MR) is 339 cm³/mol. The lowest BCUT2D eigenvalue weighted by Crippen LogP contribution is -2.26. The molecule has 9 rings (SSSR count). The molecule has 0 N–H and O–H groups in total. The Balaban J connectivity index is 0.000000191. The molecule has 1 saturated heterocycles. The molecule has 15 heteroatoms. The highest BCUT2D eigenvalue weighted by Crippen LogP contribution is 2.35. The zero-order valence-electron chi connectivity index (χ0n) is 51.6. The quantitative estimate of drug-likeness (QED) is 0.0367. The van der Waals surface area contributed by atoms with Crippen molar-refractivity contribution >= 4 is 30.0 Å². The summed E-state index contributed by atoms with van der Waals surface area (Å²) < 4.78 is 58.1. The first-order valence-corrected chi connectivity index (χ1v) is 29.4. The molecule has 1 heterocycles. The minimum atomic E-state index is -0.736. The summed E-state index contributed by atoms with van der Waals surface area (Å²) in [6.45, 7) is 17.3. The van der Waals surface area contributed by atoms with Crippen LogP contribution in [0.1, 0.15) is 104 Å².